The van der Waals surface area contributed by atoms with Crippen LogP contribution < -0.4 is 11.1 Å². The lowest BCUT2D eigenvalue weighted by molar-refractivity contribution is 0.102. The molecule has 11 heteroatoms. The van der Waals surface area contributed by atoms with Gasteiger partial charge in [0.05, 0.1) is 16.9 Å². The lowest BCUT2D eigenvalue weighted by Gasteiger charge is -2.18. The van der Waals surface area contributed by atoms with E-state index in [1.807, 2.05) is 0 Å². The first kappa shape index (κ1) is 20.3. The summed E-state index contributed by atoms with van der Waals surface area (Å²) in [5.74, 6) is -0.201. The molecule has 0 spiro atoms. The van der Waals surface area contributed by atoms with Crippen LogP contribution in [0.5, 0.6) is 0 Å². The van der Waals surface area contributed by atoms with Crippen molar-refractivity contribution in [2.45, 2.75) is 17.7 Å². The van der Waals surface area contributed by atoms with E-state index in [1.54, 1.807) is 30.3 Å². The standard InChI is InChI=1S/C19H19ClN6O3S/c20-13-7-8-17(22-11-13)24-19(27)14-12-23-26(18(14)21)15-5-1-2-6-16(15)30(28,29)25-9-3-4-10-25/h1-2,5-8,11-12H,3-4,9-10,21H2,(H,22,24,27). The Labute approximate surface area is 178 Å². The zero-order valence-corrected chi connectivity index (χ0v) is 17.4. The number of pyridine rings is 1. The molecular formula is C19H19ClN6O3S. The minimum atomic E-state index is -3.70. The van der Waals surface area contributed by atoms with Gasteiger partial charge in [0.2, 0.25) is 10.0 Å². The minimum Gasteiger partial charge on any atom is -0.383 e. The molecule has 1 amide bonds. The van der Waals surface area contributed by atoms with Crippen LogP contribution in [-0.2, 0) is 10.0 Å². The predicted octanol–water partition coefficient (Wildman–Crippen LogP) is 2.54. The summed E-state index contributed by atoms with van der Waals surface area (Å²) in [6, 6.07) is 9.61. The number of benzene rings is 1. The van der Waals surface area contributed by atoms with Gasteiger partial charge in [0, 0.05) is 19.3 Å². The minimum absolute atomic E-state index is 0.0190. The molecule has 1 fully saturated rings. The lowest BCUT2D eigenvalue weighted by Crippen LogP contribution is -2.29. The van der Waals surface area contributed by atoms with Gasteiger partial charge in [-0.1, -0.05) is 23.7 Å². The quantitative estimate of drug-likeness (QED) is 0.620. The molecule has 1 saturated heterocycles. The summed E-state index contributed by atoms with van der Waals surface area (Å²) in [4.78, 5) is 16.7. The molecule has 3 N–H and O–H groups in total. The molecule has 1 aliphatic rings. The highest BCUT2D eigenvalue weighted by atomic mass is 35.5. The van der Waals surface area contributed by atoms with Gasteiger partial charge in [-0.05, 0) is 37.1 Å². The topological polar surface area (TPSA) is 123 Å². The van der Waals surface area contributed by atoms with Gasteiger partial charge < -0.3 is 11.1 Å². The van der Waals surface area contributed by atoms with E-state index in [9.17, 15) is 13.2 Å². The van der Waals surface area contributed by atoms with Crippen molar-refractivity contribution in [2.24, 2.45) is 0 Å². The number of amides is 1. The maximum atomic E-state index is 13.1. The second-order valence-electron chi connectivity index (χ2n) is 6.75. The molecule has 0 radical (unpaired) electrons. The zero-order chi connectivity index (χ0) is 21.3. The van der Waals surface area contributed by atoms with Crippen molar-refractivity contribution in [3.8, 4) is 5.69 Å². The van der Waals surface area contributed by atoms with E-state index in [2.05, 4.69) is 15.4 Å². The van der Waals surface area contributed by atoms with E-state index in [-0.39, 0.29) is 22.0 Å². The third-order valence-corrected chi connectivity index (χ3v) is 6.97. The number of sulfonamides is 1. The number of rotatable bonds is 5. The predicted molar refractivity (Wildman–Crippen MR) is 113 cm³/mol. The Morgan fingerprint density at radius 3 is 2.53 bits per heavy atom. The number of anilines is 2. The number of aromatic nitrogens is 3. The molecule has 30 heavy (non-hydrogen) atoms. The Balaban J connectivity index is 1.67. The van der Waals surface area contributed by atoms with Crippen molar-refractivity contribution >= 4 is 39.2 Å². The van der Waals surface area contributed by atoms with Crippen LogP contribution in [0.4, 0.5) is 11.6 Å². The zero-order valence-electron chi connectivity index (χ0n) is 15.8. The number of halogens is 1. The highest BCUT2D eigenvalue weighted by Gasteiger charge is 2.30. The van der Waals surface area contributed by atoms with Gasteiger partial charge in [-0.2, -0.15) is 9.40 Å². The molecule has 0 saturated carbocycles. The Morgan fingerprint density at radius 2 is 1.83 bits per heavy atom. The number of nitrogen functional groups attached to an aromatic ring is 1. The molecule has 0 aliphatic carbocycles. The molecular weight excluding hydrogens is 428 g/mol. The molecule has 1 aromatic carbocycles. The summed E-state index contributed by atoms with van der Waals surface area (Å²) >= 11 is 5.80. The fourth-order valence-electron chi connectivity index (χ4n) is 3.28. The summed E-state index contributed by atoms with van der Waals surface area (Å²) in [5, 5.41) is 7.22. The second-order valence-corrected chi connectivity index (χ2v) is 9.09. The van der Waals surface area contributed by atoms with Gasteiger partial charge in [0.15, 0.2) is 0 Å². The molecule has 1 aliphatic heterocycles. The Kier molecular flexibility index (Phi) is 5.46. The normalized spacial score (nSPS) is 14.7. The second kappa shape index (κ2) is 8.05. The van der Waals surface area contributed by atoms with Crippen LogP contribution in [-0.4, -0.2) is 46.5 Å². The van der Waals surface area contributed by atoms with Crippen molar-refractivity contribution in [3.63, 3.8) is 0 Å². The highest BCUT2D eigenvalue weighted by molar-refractivity contribution is 7.89. The summed E-state index contributed by atoms with van der Waals surface area (Å²) in [6.45, 7) is 0.958. The van der Waals surface area contributed by atoms with Gasteiger partial charge in [-0.25, -0.2) is 18.1 Å². The molecule has 2 aromatic heterocycles. The molecule has 9 nitrogen and oxygen atoms in total. The van der Waals surface area contributed by atoms with Gasteiger partial charge in [0.25, 0.3) is 5.91 Å². The SMILES string of the molecule is Nc1c(C(=O)Nc2ccc(Cl)cn2)cnn1-c1ccccc1S(=O)(=O)N1CCCC1. The van der Waals surface area contributed by atoms with E-state index >= 15 is 0 Å². The number of nitrogens with zero attached hydrogens (tertiary/aromatic N) is 4. The van der Waals surface area contributed by atoms with Gasteiger partial charge >= 0.3 is 0 Å². The highest BCUT2D eigenvalue weighted by Crippen LogP contribution is 2.28. The maximum Gasteiger partial charge on any atom is 0.262 e. The van der Waals surface area contributed by atoms with E-state index in [0.29, 0.717) is 23.9 Å². The summed E-state index contributed by atoms with van der Waals surface area (Å²) in [7, 11) is -3.70. The van der Waals surface area contributed by atoms with Crippen molar-refractivity contribution in [2.75, 3.05) is 24.1 Å². The van der Waals surface area contributed by atoms with Crippen molar-refractivity contribution in [3.05, 3.63) is 59.4 Å². The number of hydrogen-bond acceptors (Lipinski definition) is 6. The van der Waals surface area contributed by atoms with E-state index in [1.165, 1.54) is 27.4 Å². The van der Waals surface area contributed by atoms with Gasteiger partial charge in [-0.15, -0.1) is 0 Å². The summed E-state index contributed by atoms with van der Waals surface area (Å²) in [6.07, 6.45) is 4.35. The third-order valence-electron chi connectivity index (χ3n) is 4.80. The average molecular weight is 447 g/mol. The van der Waals surface area contributed by atoms with Crippen LogP contribution in [0.15, 0.2) is 53.7 Å². The fraction of sp³-hybridized carbons (Fsp3) is 0.211. The van der Waals surface area contributed by atoms with Crippen molar-refractivity contribution in [1.82, 2.24) is 19.1 Å². The number of nitrogens with one attached hydrogen (secondary N) is 1. The monoisotopic (exact) mass is 446 g/mol. The molecule has 0 unspecified atom stereocenters. The number of carbonyl (C=O) groups is 1. The first-order valence-corrected chi connectivity index (χ1v) is 11.1. The number of para-hydroxylation sites is 1. The number of carbonyl (C=O) groups excluding carboxylic acids is 1. The van der Waals surface area contributed by atoms with Crippen LogP contribution in [0, 0.1) is 0 Å². The molecule has 0 atom stereocenters. The van der Waals surface area contributed by atoms with Crippen LogP contribution in [0.25, 0.3) is 5.69 Å². The number of nitrogens with two attached hydrogens (primary N) is 1. The van der Waals surface area contributed by atoms with Crippen molar-refractivity contribution < 1.29 is 13.2 Å². The maximum absolute atomic E-state index is 13.1. The Hall–Kier alpha value is -2.95. The first-order valence-electron chi connectivity index (χ1n) is 9.24. The van der Waals surface area contributed by atoms with Gasteiger partial charge in [-0.3, -0.25) is 4.79 Å². The van der Waals surface area contributed by atoms with Crippen molar-refractivity contribution in [1.29, 1.82) is 0 Å². The molecule has 3 aromatic rings. The largest absolute Gasteiger partial charge is 0.383 e. The van der Waals surface area contributed by atoms with Crippen LogP contribution in [0.1, 0.15) is 23.2 Å². The smallest absolute Gasteiger partial charge is 0.262 e. The summed E-state index contributed by atoms with van der Waals surface area (Å²) in [5.41, 5.74) is 6.55. The first-order chi connectivity index (χ1) is 14.4. The van der Waals surface area contributed by atoms with Crippen LogP contribution >= 0.6 is 11.6 Å². The van der Waals surface area contributed by atoms with E-state index in [4.69, 9.17) is 17.3 Å². The third kappa shape index (κ3) is 3.76. The summed E-state index contributed by atoms with van der Waals surface area (Å²) < 4.78 is 28.9. The van der Waals surface area contributed by atoms with Gasteiger partial charge in [0.1, 0.15) is 22.1 Å². The Bertz CT molecular complexity index is 1190. The molecule has 3 heterocycles. The number of hydrogen-bond donors (Lipinski definition) is 2. The fourth-order valence-corrected chi connectivity index (χ4v) is 5.07. The molecule has 156 valence electrons. The van der Waals surface area contributed by atoms with E-state index < -0.39 is 15.9 Å². The van der Waals surface area contributed by atoms with E-state index in [0.717, 1.165) is 12.8 Å². The lowest BCUT2D eigenvalue weighted by atomic mass is 10.3. The van der Waals surface area contributed by atoms with Crippen LogP contribution in [0.3, 0.4) is 0 Å². The molecule has 0 bridgehead atoms. The van der Waals surface area contributed by atoms with Crippen LogP contribution in [0.2, 0.25) is 5.02 Å². The average Bonchev–Trinajstić information content (AvgIpc) is 3.40. The Morgan fingerprint density at radius 1 is 1.10 bits per heavy atom. The molecule has 4 rings (SSSR count).